The number of rotatable bonds is 2. The van der Waals surface area contributed by atoms with Crippen LogP contribution in [-0.4, -0.2) is 66.7 Å². The predicted octanol–water partition coefficient (Wildman–Crippen LogP) is 5.82. The van der Waals surface area contributed by atoms with Gasteiger partial charge in [-0.2, -0.15) is 0 Å². The SMILES string of the molecule is CO[C@@H]1C(C)=C[C@H]2C(=O)O[C@H]3C[C@@H](C/C=C(/C)C[C@@H](C)/C=C/C=C4CO[C@H]1[C@]42O)O[C@@]1(CC[C@H](C)[C@@H](C(C)C)O1)C3. The van der Waals surface area contributed by atoms with Crippen molar-refractivity contribution >= 4 is 5.97 Å². The molecule has 0 amide bonds. The zero-order chi connectivity index (χ0) is 29.5. The first-order chi connectivity index (χ1) is 19.5. The van der Waals surface area contributed by atoms with E-state index in [1.165, 1.54) is 5.57 Å². The molecule has 5 aliphatic rings. The van der Waals surface area contributed by atoms with E-state index in [1.807, 2.05) is 25.2 Å². The topological polar surface area (TPSA) is 83.5 Å². The van der Waals surface area contributed by atoms with Crippen molar-refractivity contribution in [1.82, 2.24) is 0 Å². The highest BCUT2D eigenvalue weighted by Crippen LogP contribution is 2.48. The van der Waals surface area contributed by atoms with Crippen LogP contribution in [-0.2, 0) is 28.5 Å². The van der Waals surface area contributed by atoms with Gasteiger partial charge in [0.05, 0.1) is 18.8 Å². The summed E-state index contributed by atoms with van der Waals surface area (Å²) in [7, 11) is 1.61. The maximum Gasteiger partial charge on any atom is 0.316 e. The van der Waals surface area contributed by atoms with Gasteiger partial charge in [0.2, 0.25) is 0 Å². The van der Waals surface area contributed by atoms with Crippen LogP contribution < -0.4 is 0 Å². The molecule has 0 aromatic rings. The number of hydrogen-bond donors (Lipinski definition) is 1. The minimum atomic E-state index is -1.56. The second-order valence-corrected chi connectivity index (χ2v) is 13.6. The Morgan fingerprint density at radius 3 is 2.66 bits per heavy atom. The Bertz CT molecular complexity index is 1100. The molecule has 0 radical (unpaired) electrons. The smallest absolute Gasteiger partial charge is 0.316 e. The molecule has 10 atom stereocenters. The molecule has 0 aromatic heterocycles. The lowest BCUT2D eigenvalue weighted by Crippen LogP contribution is -2.58. The summed E-state index contributed by atoms with van der Waals surface area (Å²) in [5.41, 5.74) is 1.27. The zero-order valence-corrected chi connectivity index (χ0v) is 25.9. The van der Waals surface area contributed by atoms with Gasteiger partial charge in [0.15, 0.2) is 5.79 Å². The van der Waals surface area contributed by atoms with Crippen molar-refractivity contribution in [1.29, 1.82) is 0 Å². The third kappa shape index (κ3) is 6.03. The van der Waals surface area contributed by atoms with Gasteiger partial charge in [0, 0.05) is 26.4 Å². The van der Waals surface area contributed by atoms with Gasteiger partial charge in [-0.1, -0.05) is 63.6 Å². The van der Waals surface area contributed by atoms with Gasteiger partial charge in [-0.3, -0.25) is 4.79 Å². The summed E-state index contributed by atoms with van der Waals surface area (Å²) < 4.78 is 31.7. The van der Waals surface area contributed by atoms with Crippen LogP contribution in [0.1, 0.15) is 80.1 Å². The molecule has 7 heteroatoms. The Balaban J connectivity index is 1.52. The van der Waals surface area contributed by atoms with Crippen LogP contribution in [0.15, 0.2) is 47.1 Å². The molecular formula is C34H50O7. The highest BCUT2D eigenvalue weighted by molar-refractivity contribution is 5.78. The van der Waals surface area contributed by atoms with Crippen LogP contribution in [0.5, 0.6) is 0 Å². The van der Waals surface area contributed by atoms with E-state index in [-0.39, 0.29) is 24.9 Å². The molecule has 7 nitrogen and oxygen atoms in total. The maximum absolute atomic E-state index is 14.0. The number of methoxy groups -OCH3 is 1. The van der Waals surface area contributed by atoms with Crippen molar-refractivity contribution in [2.24, 2.45) is 23.7 Å². The Kier molecular flexibility index (Phi) is 9.04. The Morgan fingerprint density at radius 1 is 1.15 bits per heavy atom. The second kappa shape index (κ2) is 12.1. The first-order valence-electron chi connectivity index (χ1n) is 15.6. The first kappa shape index (κ1) is 30.7. The molecule has 1 aliphatic carbocycles. The number of aliphatic hydroxyl groups is 1. The van der Waals surface area contributed by atoms with Crippen molar-refractivity contribution in [3.8, 4) is 0 Å². The van der Waals surface area contributed by atoms with E-state index in [4.69, 9.17) is 23.7 Å². The van der Waals surface area contributed by atoms with Gasteiger partial charge in [0.25, 0.3) is 0 Å². The summed E-state index contributed by atoms with van der Waals surface area (Å²) in [6.07, 6.45) is 13.1. The number of esters is 1. The van der Waals surface area contributed by atoms with E-state index in [0.29, 0.717) is 36.2 Å². The second-order valence-electron chi connectivity index (χ2n) is 13.6. The molecule has 0 unspecified atom stereocenters. The fourth-order valence-corrected chi connectivity index (χ4v) is 7.78. The van der Waals surface area contributed by atoms with Crippen molar-refractivity contribution in [2.45, 2.75) is 122 Å². The normalized spacial score (nSPS) is 45.8. The van der Waals surface area contributed by atoms with Crippen molar-refractivity contribution in [3.05, 3.63) is 47.1 Å². The van der Waals surface area contributed by atoms with Crippen LogP contribution in [0.4, 0.5) is 0 Å². The highest BCUT2D eigenvalue weighted by atomic mass is 16.7. The van der Waals surface area contributed by atoms with Crippen LogP contribution >= 0.6 is 0 Å². The molecule has 0 aromatic carbocycles. The van der Waals surface area contributed by atoms with Crippen LogP contribution in [0.3, 0.4) is 0 Å². The first-order valence-corrected chi connectivity index (χ1v) is 15.6. The van der Waals surface area contributed by atoms with Gasteiger partial charge in [-0.05, 0) is 62.0 Å². The number of carbonyl (C=O) groups excluding carboxylic acids is 1. The van der Waals surface area contributed by atoms with Crippen molar-refractivity contribution in [3.63, 3.8) is 0 Å². The van der Waals surface area contributed by atoms with E-state index in [2.05, 4.69) is 46.8 Å². The Morgan fingerprint density at radius 2 is 1.93 bits per heavy atom. The molecule has 2 bridgehead atoms. The Hall–Kier alpha value is -1.77. The fourth-order valence-electron chi connectivity index (χ4n) is 7.78. The van der Waals surface area contributed by atoms with Gasteiger partial charge in [-0.15, -0.1) is 0 Å². The molecular weight excluding hydrogens is 520 g/mol. The van der Waals surface area contributed by atoms with Gasteiger partial charge < -0.3 is 28.8 Å². The lowest BCUT2D eigenvalue weighted by Gasteiger charge is -2.50. The number of allylic oxidation sites excluding steroid dienone is 4. The number of hydrogen-bond acceptors (Lipinski definition) is 7. The summed E-state index contributed by atoms with van der Waals surface area (Å²) in [4.78, 5) is 14.0. The molecule has 0 saturated carbocycles. The third-order valence-electron chi connectivity index (χ3n) is 9.89. The molecule has 5 rings (SSSR count). The molecule has 4 heterocycles. The third-order valence-corrected chi connectivity index (χ3v) is 9.89. The van der Waals surface area contributed by atoms with Crippen LogP contribution in [0.25, 0.3) is 0 Å². The lowest BCUT2D eigenvalue weighted by atomic mass is 9.70. The fraction of sp³-hybridized carbons (Fsp3) is 0.735. The van der Waals surface area contributed by atoms with E-state index in [0.717, 1.165) is 31.3 Å². The van der Waals surface area contributed by atoms with E-state index in [9.17, 15) is 9.90 Å². The summed E-state index contributed by atoms with van der Waals surface area (Å²) in [6.45, 7) is 13.1. The molecule has 228 valence electrons. The quantitative estimate of drug-likeness (QED) is 0.331. The minimum Gasteiger partial charge on any atom is -0.462 e. The molecule has 1 spiro atoms. The summed E-state index contributed by atoms with van der Waals surface area (Å²) in [6, 6.07) is 0. The van der Waals surface area contributed by atoms with Gasteiger partial charge in [0.1, 0.15) is 29.8 Å². The number of fused-ring (bicyclic) bond motifs is 2. The molecule has 4 aliphatic heterocycles. The average molecular weight is 571 g/mol. The van der Waals surface area contributed by atoms with Crippen LogP contribution in [0.2, 0.25) is 0 Å². The maximum atomic E-state index is 14.0. The van der Waals surface area contributed by atoms with Crippen LogP contribution in [0, 0.1) is 23.7 Å². The largest absolute Gasteiger partial charge is 0.462 e. The van der Waals surface area contributed by atoms with E-state index < -0.39 is 35.5 Å². The standard InChI is InChI=1S/C34H50O7/c1-20(2)29-23(5)13-14-33(41-29)18-27-17-26(40-33)12-11-22(4)15-21(3)9-8-10-25-19-38-31-30(37-7)24(6)16-28(32(35)39-27)34(25,31)36/h8-11,16,20-21,23,26-31,36H,12-15,17-19H2,1-7H3/b9-8+,22-11-,25-10?/t21-,23-,26+,27-,28-,29+,30+,31+,33+,34-/m0/s1. The zero-order valence-electron chi connectivity index (χ0n) is 25.9. The minimum absolute atomic E-state index is 0.0846. The van der Waals surface area contributed by atoms with E-state index >= 15 is 0 Å². The highest BCUT2D eigenvalue weighted by Gasteiger charge is 2.60. The monoisotopic (exact) mass is 570 g/mol. The lowest BCUT2D eigenvalue weighted by molar-refractivity contribution is -0.340. The average Bonchev–Trinajstić information content (AvgIpc) is 3.24. The van der Waals surface area contributed by atoms with E-state index in [1.54, 1.807) is 7.11 Å². The summed E-state index contributed by atoms with van der Waals surface area (Å²) in [5, 5.41) is 12.3. The number of carbonyl (C=O) groups is 1. The van der Waals surface area contributed by atoms with Crippen molar-refractivity contribution in [2.75, 3.05) is 13.7 Å². The Labute approximate surface area is 246 Å². The molecule has 41 heavy (non-hydrogen) atoms. The predicted molar refractivity (Wildman–Crippen MR) is 157 cm³/mol. The van der Waals surface area contributed by atoms with Gasteiger partial charge >= 0.3 is 5.97 Å². The molecule has 3 saturated heterocycles. The summed E-state index contributed by atoms with van der Waals surface area (Å²) in [5.74, 6) is -1.01. The number of ether oxygens (including phenoxy) is 5. The van der Waals surface area contributed by atoms with Gasteiger partial charge in [-0.25, -0.2) is 0 Å². The van der Waals surface area contributed by atoms with Crippen molar-refractivity contribution < 1.29 is 33.6 Å². The summed E-state index contributed by atoms with van der Waals surface area (Å²) >= 11 is 0. The molecule has 3 fully saturated rings. The molecule has 1 N–H and O–H groups in total.